The molecule has 0 spiro atoms. The second kappa shape index (κ2) is 7.99. The third-order valence-corrected chi connectivity index (χ3v) is 5.03. The smallest absolute Gasteiger partial charge is 0.223 e. The molecule has 3 rings (SSSR count). The molecule has 1 atom stereocenters. The van der Waals surface area contributed by atoms with Crippen molar-refractivity contribution in [1.29, 1.82) is 0 Å². The van der Waals surface area contributed by atoms with Crippen LogP contribution in [0.1, 0.15) is 42.4 Å². The van der Waals surface area contributed by atoms with Crippen molar-refractivity contribution in [2.45, 2.75) is 46.6 Å². The zero-order valence-corrected chi connectivity index (χ0v) is 16.2. The molecule has 6 heteroatoms. The van der Waals surface area contributed by atoms with Crippen molar-refractivity contribution < 1.29 is 4.79 Å². The summed E-state index contributed by atoms with van der Waals surface area (Å²) in [5.41, 5.74) is 4.74. The minimum Gasteiger partial charge on any atom is -0.316 e. The van der Waals surface area contributed by atoms with Crippen molar-refractivity contribution in [2.24, 2.45) is 13.0 Å². The largest absolute Gasteiger partial charge is 0.316 e. The Bertz CT molecular complexity index is 762. The number of anilines is 1. The molecule has 3 heterocycles. The molecule has 0 unspecified atom stereocenters. The lowest BCUT2D eigenvalue weighted by atomic mass is 9.91. The third-order valence-electron chi connectivity index (χ3n) is 5.03. The number of imidazole rings is 1. The number of likely N-dealkylation sites (tertiary alicyclic amines) is 1. The molecule has 2 aromatic rings. The maximum atomic E-state index is 11.2. The number of hydrogen-bond donors (Lipinski definition) is 1. The van der Waals surface area contributed by atoms with E-state index in [0.717, 1.165) is 43.1 Å². The van der Waals surface area contributed by atoms with Gasteiger partial charge in [0.25, 0.3) is 0 Å². The number of hydrogen-bond acceptors (Lipinski definition) is 4. The fraction of sp³-hybridized carbons (Fsp3) is 0.550. The quantitative estimate of drug-likeness (QED) is 0.896. The van der Waals surface area contributed by atoms with E-state index in [1.807, 2.05) is 17.8 Å². The predicted octanol–water partition coefficient (Wildman–Crippen LogP) is 2.85. The Labute approximate surface area is 155 Å². The molecule has 1 saturated heterocycles. The maximum Gasteiger partial charge on any atom is 0.223 e. The second-order valence-electron chi connectivity index (χ2n) is 7.52. The van der Waals surface area contributed by atoms with Gasteiger partial charge in [-0.1, -0.05) is 0 Å². The van der Waals surface area contributed by atoms with Crippen molar-refractivity contribution in [3.63, 3.8) is 0 Å². The van der Waals surface area contributed by atoms with Gasteiger partial charge in [-0.25, -0.2) is 4.98 Å². The lowest BCUT2D eigenvalue weighted by Crippen LogP contribution is -2.36. The van der Waals surface area contributed by atoms with Crippen LogP contribution in [0.5, 0.6) is 0 Å². The molecule has 2 aromatic heterocycles. The highest BCUT2D eigenvalue weighted by Crippen LogP contribution is 2.23. The van der Waals surface area contributed by atoms with Gasteiger partial charge < -0.3 is 4.57 Å². The fourth-order valence-corrected chi connectivity index (χ4v) is 3.93. The molecule has 1 aliphatic rings. The summed E-state index contributed by atoms with van der Waals surface area (Å²) < 4.78 is 1.97. The normalized spacial score (nSPS) is 18.1. The van der Waals surface area contributed by atoms with Crippen molar-refractivity contribution in [3.05, 3.63) is 41.0 Å². The van der Waals surface area contributed by atoms with E-state index in [1.54, 1.807) is 0 Å². The number of nitrogens with one attached hydrogen (secondary N) is 1. The van der Waals surface area contributed by atoms with Gasteiger partial charge in [0, 0.05) is 38.4 Å². The first kappa shape index (κ1) is 18.6. The van der Waals surface area contributed by atoms with Crippen LogP contribution in [0.15, 0.2) is 18.3 Å². The number of amides is 1. The van der Waals surface area contributed by atoms with Gasteiger partial charge in [-0.2, -0.15) is 0 Å². The molecule has 0 bridgehead atoms. The molecule has 1 aliphatic heterocycles. The molecular weight excluding hydrogens is 326 g/mol. The molecular formula is C20H29N5O. The SMILES string of the molecule is CC(=O)Nc1ncc(CN2CCC[C@H](Cc3cc(C)nc(C)c3)C2)n1C. The Morgan fingerprint density at radius 1 is 1.31 bits per heavy atom. The molecule has 0 saturated carbocycles. The predicted molar refractivity (Wildman–Crippen MR) is 103 cm³/mol. The number of piperidine rings is 1. The Balaban J connectivity index is 1.62. The van der Waals surface area contributed by atoms with Gasteiger partial charge in [0.2, 0.25) is 11.9 Å². The first-order valence-electron chi connectivity index (χ1n) is 9.35. The summed E-state index contributed by atoms with van der Waals surface area (Å²) in [5, 5.41) is 2.77. The molecule has 26 heavy (non-hydrogen) atoms. The van der Waals surface area contributed by atoms with Crippen molar-refractivity contribution >= 4 is 11.9 Å². The van der Waals surface area contributed by atoms with Crippen molar-refractivity contribution in [1.82, 2.24) is 19.4 Å². The van der Waals surface area contributed by atoms with Crippen LogP contribution in [0.3, 0.4) is 0 Å². The van der Waals surface area contributed by atoms with Crippen molar-refractivity contribution in [2.75, 3.05) is 18.4 Å². The number of aromatic nitrogens is 3. The van der Waals surface area contributed by atoms with Crippen LogP contribution < -0.4 is 5.32 Å². The highest BCUT2D eigenvalue weighted by atomic mass is 16.1. The first-order valence-corrected chi connectivity index (χ1v) is 9.35. The van der Waals surface area contributed by atoms with Crippen molar-refractivity contribution in [3.8, 4) is 0 Å². The Morgan fingerprint density at radius 3 is 2.73 bits per heavy atom. The fourth-order valence-electron chi connectivity index (χ4n) is 3.93. The van der Waals surface area contributed by atoms with E-state index >= 15 is 0 Å². The average Bonchev–Trinajstić information content (AvgIpc) is 2.87. The summed E-state index contributed by atoms with van der Waals surface area (Å²) in [5.74, 6) is 1.20. The van der Waals surface area contributed by atoms with Gasteiger partial charge in [-0.3, -0.25) is 20.0 Å². The molecule has 0 aromatic carbocycles. The van der Waals surface area contributed by atoms with Gasteiger partial charge in [0.15, 0.2) is 0 Å². The Kier molecular flexibility index (Phi) is 5.71. The number of pyridine rings is 1. The molecule has 1 fully saturated rings. The zero-order valence-electron chi connectivity index (χ0n) is 16.2. The van der Waals surface area contributed by atoms with Gasteiger partial charge >= 0.3 is 0 Å². The van der Waals surface area contributed by atoms with Crippen LogP contribution in [0.25, 0.3) is 0 Å². The minimum absolute atomic E-state index is 0.0915. The van der Waals surface area contributed by atoms with E-state index in [1.165, 1.54) is 25.3 Å². The van der Waals surface area contributed by atoms with Gasteiger partial charge in [-0.05, 0) is 63.3 Å². The van der Waals surface area contributed by atoms with Crippen LogP contribution >= 0.6 is 0 Å². The molecule has 0 aliphatic carbocycles. The standard InChI is InChI=1S/C20H29N5O/c1-14-8-18(9-15(2)22-14)10-17-6-5-7-25(12-17)13-19-11-21-20(24(19)4)23-16(3)26/h8-9,11,17H,5-7,10,12-13H2,1-4H3,(H,21,23,26)/t17-/m1/s1. The van der Waals surface area contributed by atoms with E-state index in [-0.39, 0.29) is 5.91 Å². The number of carbonyl (C=O) groups excluding carboxylic acids is 1. The minimum atomic E-state index is -0.0915. The molecule has 0 radical (unpaired) electrons. The zero-order chi connectivity index (χ0) is 18.7. The summed E-state index contributed by atoms with van der Waals surface area (Å²) in [6.45, 7) is 8.73. The van der Waals surface area contributed by atoms with Gasteiger partial charge in [0.1, 0.15) is 0 Å². The lowest BCUT2D eigenvalue weighted by Gasteiger charge is -2.32. The summed E-state index contributed by atoms with van der Waals surface area (Å²) in [7, 11) is 1.96. The highest BCUT2D eigenvalue weighted by Gasteiger charge is 2.22. The van der Waals surface area contributed by atoms with Crippen LogP contribution in [0.2, 0.25) is 0 Å². The average molecular weight is 355 g/mol. The summed E-state index contributed by atoms with van der Waals surface area (Å²) in [6.07, 6.45) is 5.48. The number of aryl methyl sites for hydroxylation is 2. The van der Waals surface area contributed by atoms with E-state index in [4.69, 9.17) is 0 Å². The second-order valence-corrected chi connectivity index (χ2v) is 7.52. The lowest BCUT2D eigenvalue weighted by molar-refractivity contribution is -0.114. The summed E-state index contributed by atoms with van der Waals surface area (Å²) >= 11 is 0. The third kappa shape index (κ3) is 4.69. The molecule has 140 valence electrons. The number of carbonyl (C=O) groups is 1. The monoisotopic (exact) mass is 355 g/mol. The molecule has 6 nitrogen and oxygen atoms in total. The topological polar surface area (TPSA) is 63.1 Å². The summed E-state index contributed by atoms with van der Waals surface area (Å²) in [4.78, 5) is 22.6. The maximum absolute atomic E-state index is 11.2. The van der Waals surface area contributed by atoms with E-state index in [0.29, 0.717) is 11.9 Å². The molecule has 1 N–H and O–H groups in total. The van der Waals surface area contributed by atoms with Gasteiger partial charge in [0.05, 0.1) is 11.9 Å². The van der Waals surface area contributed by atoms with Crippen LogP contribution in [0, 0.1) is 19.8 Å². The van der Waals surface area contributed by atoms with E-state index in [2.05, 4.69) is 46.2 Å². The van der Waals surface area contributed by atoms with E-state index < -0.39 is 0 Å². The van der Waals surface area contributed by atoms with Crippen LogP contribution in [-0.2, 0) is 24.8 Å². The van der Waals surface area contributed by atoms with Gasteiger partial charge in [-0.15, -0.1) is 0 Å². The Hall–Kier alpha value is -2.21. The Morgan fingerprint density at radius 2 is 2.04 bits per heavy atom. The highest BCUT2D eigenvalue weighted by molar-refractivity contribution is 5.86. The van der Waals surface area contributed by atoms with Crippen LogP contribution in [0.4, 0.5) is 5.95 Å². The van der Waals surface area contributed by atoms with E-state index in [9.17, 15) is 4.79 Å². The van der Waals surface area contributed by atoms with Crippen LogP contribution in [-0.4, -0.2) is 38.4 Å². The number of rotatable bonds is 5. The number of nitrogens with zero attached hydrogens (tertiary/aromatic N) is 4. The summed E-state index contributed by atoms with van der Waals surface area (Å²) in [6, 6.07) is 4.43. The molecule has 1 amide bonds. The first-order chi connectivity index (χ1) is 12.4.